The quantitative estimate of drug-likeness (QED) is 0.881. The summed E-state index contributed by atoms with van der Waals surface area (Å²) >= 11 is 1.86. The van der Waals surface area contributed by atoms with E-state index in [0.29, 0.717) is 11.5 Å². The van der Waals surface area contributed by atoms with Crippen molar-refractivity contribution in [1.82, 2.24) is 10.3 Å². The second-order valence-electron chi connectivity index (χ2n) is 6.73. The standard InChI is InChI=1S/C16H29N3S/c1-5-9-17-13(2)14-12-18-15(20-14)19-10-6-7-16(3,4)8-11-19/h12-13,17H,5-11H2,1-4H3. The Kier molecular flexibility index (Phi) is 5.44. The summed E-state index contributed by atoms with van der Waals surface area (Å²) in [6.07, 6.45) is 7.12. The SMILES string of the molecule is CCCNC(C)c1cnc(N2CCCC(C)(C)CC2)s1. The van der Waals surface area contributed by atoms with Crippen molar-refractivity contribution in [1.29, 1.82) is 0 Å². The fraction of sp³-hybridized carbons (Fsp3) is 0.812. The van der Waals surface area contributed by atoms with E-state index in [2.05, 4.69) is 49.1 Å². The molecule has 0 saturated carbocycles. The number of thiazole rings is 1. The molecule has 2 rings (SSSR count). The molecule has 0 aliphatic carbocycles. The monoisotopic (exact) mass is 295 g/mol. The van der Waals surface area contributed by atoms with E-state index < -0.39 is 0 Å². The van der Waals surface area contributed by atoms with Crippen molar-refractivity contribution in [3.63, 3.8) is 0 Å². The summed E-state index contributed by atoms with van der Waals surface area (Å²) in [5, 5.41) is 4.75. The fourth-order valence-electron chi connectivity index (χ4n) is 2.70. The predicted molar refractivity (Wildman–Crippen MR) is 88.7 cm³/mol. The van der Waals surface area contributed by atoms with Crippen molar-refractivity contribution >= 4 is 16.5 Å². The molecule has 114 valence electrons. The van der Waals surface area contributed by atoms with Gasteiger partial charge in [-0.2, -0.15) is 0 Å². The molecule has 0 spiro atoms. The summed E-state index contributed by atoms with van der Waals surface area (Å²) in [5.74, 6) is 0. The first-order valence-corrected chi connectivity index (χ1v) is 8.77. The zero-order valence-corrected chi connectivity index (χ0v) is 14.2. The van der Waals surface area contributed by atoms with E-state index in [9.17, 15) is 0 Å². The van der Waals surface area contributed by atoms with Crippen LogP contribution in [0.3, 0.4) is 0 Å². The van der Waals surface area contributed by atoms with E-state index in [1.807, 2.05) is 11.3 Å². The molecule has 1 saturated heterocycles. The number of hydrogen-bond acceptors (Lipinski definition) is 4. The average Bonchev–Trinajstić information content (AvgIpc) is 2.82. The Hall–Kier alpha value is -0.610. The van der Waals surface area contributed by atoms with Crippen molar-refractivity contribution in [2.45, 2.75) is 59.4 Å². The Morgan fingerprint density at radius 2 is 2.20 bits per heavy atom. The number of anilines is 1. The lowest BCUT2D eigenvalue weighted by Crippen LogP contribution is -2.24. The third-order valence-corrected chi connectivity index (χ3v) is 5.49. The second-order valence-corrected chi connectivity index (χ2v) is 7.77. The van der Waals surface area contributed by atoms with Gasteiger partial charge in [0, 0.05) is 30.2 Å². The highest BCUT2D eigenvalue weighted by molar-refractivity contribution is 7.15. The highest BCUT2D eigenvalue weighted by Crippen LogP contribution is 2.34. The van der Waals surface area contributed by atoms with E-state index >= 15 is 0 Å². The van der Waals surface area contributed by atoms with Crippen LogP contribution in [0.5, 0.6) is 0 Å². The van der Waals surface area contributed by atoms with Crippen molar-refractivity contribution in [2.24, 2.45) is 5.41 Å². The highest BCUT2D eigenvalue weighted by atomic mass is 32.1. The van der Waals surface area contributed by atoms with Crippen molar-refractivity contribution in [3.8, 4) is 0 Å². The zero-order chi connectivity index (χ0) is 14.6. The van der Waals surface area contributed by atoms with Gasteiger partial charge in [-0.15, -0.1) is 11.3 Å². The van der Waals surface area contributed by atoms with Gasteiger partial charge in [0.2, 0.25) is 0 Å². The van der Waals surface area contributed by atoms with Gasteiger partial charge in [0.1, 0.15) is 0 Å². The molecule has 2 heterocycles. The lowest BCUT2D eigenvalue weighted by atomic mass is 9.85. The fourth-order valence-corrected chi connectivity index (χ4v) is 3.69. The van der Waals surface area contributed by atoms with Gasteiger partial charge in [-0.1, -0.05) is 20.8 Å². The maximum absolute atomic E-state index is 4.66. The van der Waals surface area contributed by atoms with Crippen LogP contribution in [0.25, 0.3) is 0 Å². The van der Waals surface area contributed by atoms with Gasteiger partial charge in [0.05, 0.1) is 0 Å². The summed E-state index contributed by atoms with van der Waals surface area (Å²) in [4.78, 5) is 8.50. The molecule has 20 heavy (non-hydrogen) atoms. The lowest BCUT2D eigenvalue weighted by Gasteiger charge is -2.23. The Balaban J connectivity index is 1.97. The van der Waals surface area contributed by atoms with Gasteiger partial charge in [0.25, 0.3) is 0 Å². The van der Waals surface area contributed by atoms with E-state index in [-0.39, 0.29) is 0 Å². The van der Waals surface area contributed by atoms with Crippen LogP contribution in [0, 0.1) is 5.41 Å². The molecular weight excluding hydrogens is 266 g/mol. The molecule has 1 aliphatic heterocycles. The minimum Gasteiger partial charge on any atom is -0.348 e. The largest absolute Gasteiger partial charge is 0.348 e. The van der Waals surface area contributed by atoms with E-state index in [4.69, 9.17) is 0 Å². The summed E-state index contributed by atoms with van der Waals surface area (Å²) < 4.78 is 0. The lowest BCUT2D eigenvalue weighted by molar-refractivity contribution is 0.325. The molecule has 1 aliphatic rings. The Bertz CT molecular complexity index is 414. The first-order valence-electron chi connectivity index (χ1n) is 7.96. The predicted octanol–water partition coefficient (Wildman–Crippen LogP) is 4.22. The van der Waals surface area contributed by atoms with E-state index in [1.54, 1.807) is 0 Å². The normalized spacial score (nSPS) is 20.7. The molecule has 0 amide bonds. The van der Waals surface area contributed by atoms with E-state index in [1.165, 1.54) is 35.7 Å². The van der Waals surface area contributed by atoms with Crippen LogP contribution in [0.4, 0.5) is 5.13 Å². The molecule has 0 radical (unpaired) electrons. The number of nitrogens with zero attached hydrogens (tertiary/aromatic N) is 2. The maximum Gasteiger partial charge on any atom is 0.185 e. The Morgan fingerprint density at radius 3 is 2.95 bits per heavy atom. The minimum absolute atomic E-state index is 0.421. The second kappa shape index (κ2) is 6.90. The molecule has 0 bridgehead atoms. The van der Waals surface area contributed by atoms with Crippen LogP contribution >= 0.6 is 11.3 Å². The van der Waals surface area contributed by atoms with Crippen molar-refractivity contribution in [2.75, 3.05) is 24.5 Å². The number of rotatable bonds is 5. The summed E-state index contributed by atoms with van der Waals surface area (Å²) in [6, 6.07) is 0.421. The summed E-state index contributed by atoms with van der Waals surface area (Å²) in [7, 11) is 0. The first-order chi connectivity index (χ1) is 9.52. The highest BCUT2D eigenvalue weighted by Gasteiger charge is 2.24. The molecule has 1 fully saturated rings. The van der Waals surface area contributed by atoms with Gasteiger partial charge in [-0.25, -0.2) is 4.98 Å². The smallest absolute Gasteiger partial charge is 0.185 e. The average molecular weight is 295 g/mol. The van der Waals surface area contributed by atoms with Crippen LogP contribution in [-0.2, 0) is 0 Å². The molecule has 1 N–H and O–H groups in total. The topological polar surface area (TPSA) is 28.2 Å². The van der Waals surface area contributed by atoms with E-state index in [0.717, 1.165) is 19.6 Å². The van der Waals surface area contributed by atoms with Crippen LogP contribution in [0.2, 0.25) is 0 Å². The van der Waals surface area contributed by atoms with Gasteiger partial charge in [-0.05, 0) is 44.6 Å². The van der Waals surface area contributed by atoms with Crippen LogP contribution in [0.1, 0.15) is 64.3 Å². The van der Waals surface area contributed by atoms with Crippen LogP contribution < -0.4 is 10.2 Å². The number of hydrogen-bond donors (Lipinski definition) is 1. The number of nitrogens with one attached hydrogen (secondary N) is 1. The number of aromatic nitrogens is 1. The van der Waals surface area contributed by atoms with Gasteiger partial charge in [0.15, 0.2) is 5.13 Å². The minimum atomic E-state index is 0.421. The zero-order valence-electron chi connectivity index (χ0n) is 13.4. The van der Waals surface area contributed by atoms with Gasteiger partial charge < -0.3 is 10.2 Å². The third kappa shape index (κ3) is 4.19. The molecule has 3 nitrogen and oxygen atoms in total. The molecule has 0 aromatic carbocycles. The van der Waals surface area contributed by atoms with Gasteiger partial charge in [-0.3, -0.25) is 0 Å². The molecular formula is C16H29N3S. The third-order valence-electron chi connectivity index (χ3n) is 4.25. The van der Waals surface area contributed by atoms with Crippen molar-refractivity contribution < 1.29 is 0 Å². The molecule has 4 heteroatoms. The van der Waals surface area contributed by atoms with Gasteiger partial charge >= 0.3 is 0 Å². The first kappa shape index (κ1) is 15.8. The molecule has 1 unspecified atom stereocenters. The summed E-state index contributed by atoms with van der Waals surface area (Å²) in [5.41, 5.74) is 0.491. The molecule has 1 aromatic rings. The Morgan fingerprint density at radius 1 is 1.40 bits per heavy atom. The Labute approximate surface area is 127 Å². The van der Waals surface area contributed by atoms with Crippen LogP contribution in [0.15, 0.2) is 6.20 Å². The van der Waals surface area contributed by atoms with Crippen LogP contribution in [-0.4, -0.2) is 24.6 Å². The molecule has 1 atom stereocenters. The summed E-state index contributed by atoms with van der Waals surface area (Å²) in [6.45, 7) is 12.6. The molecule has 1 aromatic heterocycles. The van der Waals surface area contributed by atoms with Crippen molar-refractivity contribution in [3.05, 3.63) is 11.1 Å². The maximum atomic E-state index is 4.66.